The van der Waals surface area contributed by atoms with E-state index in [1.54, 1.807) is 0 Å². The summed E-state index contributed by atoms with van der Waals surface area (Å²) in [4.78, 5) is 0. The first-order chi connectivity index (χ1) is 5.31. The number of unbranched alkanes of at least 4 members (excludes halogenated alkanes) is 1. The van der Waals surface area contributed by atoms with E-state index in [1.807, 2.05) is 0 Å². The van der Waals surface area contributed by atoms with E-state index in [9.17, 15) is 21.6 Å². The van der Waals surface area contributed by atoms with Gasteiger partial charge in [-0.1, -0.05) is 15.9 Å². The van der Waals surface area contributed by atoms with Crippen LogP contribution in [0.4, 0.5) is 13.2 Å². The zero-order valence-electron chi connectivity index (χ0n) is 6.07. The van der Waals surface area contributed by atoms with E-state index in [0.29, 0.717) is 11.8 Å². The van der Waals surface area contributed by atoms with Crippen molar-refractivity contribution in [2.45, 2.75) is 18.3 Å². The molecule has 12 heavy (non-hydrogen) atoms. The van der Waals surface area contributed by atoms with E-state index >= 15 is 0 Å². The summed E-state index contributed by atoms with van der Waals surface area (Å²) in [5.74, 6) is -0.817. The third kappa shape index (κ3) is 3.75. The minimum absolute atomic E-state index is 0.0348. The van der Waals surface area contributed by atoms with Crippen molar-refractivity contribution in [1.82, 2.24) is 0 Å². The number of halogens is 4. The van der Waals surface area contributed by atoms with Crippen molar-refractivity contribution in [3.8, 4) is 0 Å². The lowest BCUT2D eigenvalue weighted by molar-refractivity contribution is -0.0435. The summed E-state index contributed by atoms with van der Waals surface area (Å²) in [6.07, 6.45) is 0.461. The van der Waals surface area contributed by atoms with Gasteiger partial charge in [0.1, 0.15) is 0 Å². The van der Waals surface area contributed by atoms with Gasteiger partial charge in [-0.2, -0.15) is 13.2 Å². The molecule has 0 heterocycles. The predicted octanol–water partition coefficient (Wildman–Crippen LogP) is 2.10. The molecule has 0 aromatic rings. The average molecular weight is 269 g/mol. The second-order valence-corrected chi connectivity index (χ2v) is 5.05. The predicted molar refractivity (Wildman–Crippen MR) is 42.9 cm³/mol. The first kappa shape index (κ1) is 12.2. The molecule has 7 heteroatoms. The smallest absolute Gasteiger partial charge is 0.220 e. The Kier molecular flexibility index (Phi) is 4.54. The van der Waals surface area contributed by atoms with Crippen molar-refractivity contribution in [1.29, 1.82) is 0 Å². The molecule has 0 N–H and O–H groups in total. The van der Waals surface area contributed by atoms with Gasteiger partial charge >= 0.3 is 5.51 Å². The summed E-state index contributed by atoms with van der Waals surface area (Å²) in [6, 6.07) is 0. The maximum atomic E-state index is 11.7. The Hall–Kier alpha value is 0.220. The van der Waals surface area contributed by atoms with Crippen molar-refractivity contribution in [3.05, 3.63) is 0 Å². The Balaban J connectivity index is 4.08. The summed E-state index contributed by atoms with van der Waals surface area (Å²) in [7, 11) is -4.89. The Labute approximate surface area is 77.2 Å². The molecule has 0 bridgehead atoms. The molecular formula is C5H8BrF3O2S. The molecule has 0 fully saturated rings. The van der Waals surface area contributed by atoms with Crippen LogP contribution in [0.5, 0.6) is 0 Å². The van der Waals surface area contributed by atoms with E-state index in [4.69, 9.17) is 0 Å². The van der Waals surface area contributed by atoms with Crippen LogP contribution in [-0.2, 0) is 9.84 Å². The number of hydrogen-bond donors (Lipinski definition) is 0. The molecule has 0 aromatic carbocycles. The van der Waals surface area contributed by atoms with Crippen molar-refractivity contribution >= 4 is 25.8 Å². The van der Waals surface area contributed by atoms with Crippen LogP contribution < -0.4 is 0 Å². The molecular weight excluding hydrogens is 261 g/mol. The van der Waals surface area contributed by atoms with E-state index in [1.165, 1.54) is 0 Å². The molecule has 0 spiro atoms. The number of hydrogen-bond acceptors (Lipinski definition) is 2. The summed E-state index contributed by atoms with van der Waals surface area (Å²) in [5.41, 5.74) is -5.10. The van der Waals surface area contributed by atoms with Gasteiger partial charge < -0.3 is 0 Å². The van der Waals surface area contributed by atoms with Crippen LogP contribution in [0.25, 0.3) is 0 Å². The number of alkyl halides is 4. The lowest BCUT2D eigenvalue weighted by Gasteiger charge is -2.06. The molecule has 0 saturated carbocycles. The largest absolute Gasteiger partial charge is 0.497 e. The Morgan fingerprint density at radius 1 is 1.17 bits per heavy atom. The maximum absolute atomic E-state index is 11.7. The van der Waals surface area contributed by atoms with E-state index in [-0.39, 0.29) is 6.42 Å². The van der Waals surface area contributed by atoms with Crippen molar-refractivity contribution in [3.63, 3.8) is 0 Å². The maximum Gasteiger partial charge on any atom is 0.497 e. The van der Waals surface area contributed by atoms with Crippen LogP contribution in [0.1, 0.15) is 12.8 Å². The van der Waals surface area contributed by atoms with Crippen LogP contribution in [-0.4, -0.2) is 25.0 Å². The minimum atomic E-state index is -5.10. The van der Waals surface area contributed by atoms with Gasteiger partial charge in [0.05, 0.1) is 5.75 Å². The number of rotatable bonds is 4. The quantitative estimate of drug-likeness (QED) is 0.578. The standard InChI is InChI=1S/C5H8BrF3O2S/c6-3-1-2-4-12(10,11)5(7,8)9/h1-4H2. The first-order valence-electron chi connectivity index (χ1n) is 3.16. The Morgan fingerprint density at radius 3 is 2.00 bits per heavy atom. The fraction of sp³-hybridized carbons (Fsp3) is 1.00. The summed E-state index contributed by atoms with van der Waals surface area (Å²) < 4.78 is 55.8. The molecule has 0 radical (unpaired) electrons. The molecule has 0 aliphatic rings. The molecule has 0 atom stereocenters. The molecule has 0 amide bonds. The van der Waals surface area contributed by atoms with Crippen LogP contribution >= 0.6 is 15.9 Å². The van der Waals surface area contributed by atoms with Crippen LogP contribution in [0.15, 0.2) is 0 Å². The van der Waals surface area contributed by atoms with E-state index in [2.05, 4.69) is 15.9 Å². The Morgan fingerprint density at radius 2 is 1.67 bits per heavy atom. The van der Waals surface area contributed by atoms with Gasteiger partial charge in [0.2, 0.25) is 9.84 Å². The highest BCUT2D eigenvalue weighted by atomic mass is 79.9. The second kappa shape index (κ2) is 4.45. The van der Waals surface area contributed by atoms with Gasteiger partial charge in [-0.25, -0.2) is 8.42 Å². The molecule has 2 nitrogen and oxygen atoms in total. The SMILES string of the molecule is O=S(=O)(CCCCBr)C(F)(F)F. The highest BCUT2D eigenvalue weighted by Crippen LogP contribution is 2.24. The second-order valence-electron chi connectivity index (χ2n) is 2.16. The molecule has 0 saturated heterocycles. The summed E-state index contributed by atoms with van der Waals surface area (Å²) in [5, 5.41) is 0.514. The molecule has 0 aliphatic heterocycles. The van der Waals surface area contributed by atoms with Gasteiger partial charge in [-0.05, 0) is 12.8 Å². The Bertz CT molecular complexity index is 221. The van der Waals surface area contributed by atoms with Crippen molar-refractivity contribution in [2.24, 2.45) is 0 Å². The van der Waals surface area contributed by atoms with Gasteiger partial charge in [0.15, 0.2) is 0 Å². The zero-order chi connectivity index (χ0) is 9.83. The van der Waals surface area contributed by atoms with Crippen LogP contribution in [0.3, 0.4) is 0 Å². The number of sulfone groups is 1. The molecule has 0 aliphatic carbocycles. The first-order valence-corrected chi connectivity index (χ1v) is 5.93. The third-order valence-electron chi connectivity index (χ3n) is 1.15. The molecule has 0 aromatic heterocycles. The highest BCUT2D eigenvalue weighted by Gasteiger charge is 2.44. The normalized spacial score (nSPS) is 13.3. The molecule has 0 rings (SSSR count). The third-order valence-corrected chi connectivity index (χ3v) is 3.24. The highest BCUT2D eigenvalue weighted by molar-refractivity contribution is 9.09. The van der Waals surface area contributed by atoms with Crippen LogP contribution in [0, 0.1) is 0 Å². The van der Waals surface area contributed by atoms with Gasteiger partial charge in [0.25, 0.3) is 0 Å². The fourth-order valence-electron chi connectivity index (χ4n) is 0.502. The lowest BCUT2D eigenvalue weighted by Crippen LogP contribution is -2.26. The zero-order valence-corrected chi connectivity index (χ0v) is 8.47. The molecule has 74 valence electrons. The van der Waals surface area contributed by atoms with Crippen molar-refractivity contribution < 1.29 is 21.6 Å². The monoisotopic (exact) mass is 268 g/mol. The van der Waals surface area contributed by atoms with E-state index < -0.39 is 21.1 Å². The van der Waals surface area contributed by atoms with Gasteiger partial charge in [-0.3, -0.25) is 0 Å². The fourth-order valence-corrected chi connectivity index (χ4v) is 1.71. The topological polar surface area (TPSA) is 34.1 Å². The minimum Gasteiger partial charge on any atom is -0.220 e. The van der Waals surface area contributed by atoms with Crippen LogP contribution in [0.2, 0.25) is 0 Å². The van der Waals surface area contributed by atoms with Gasteiger partial charge in [0, 0.05) is 5.33 Å². The summed E-state index contributed by atoms with van der Waals surface area (Å²) >= 11 is 2.99. The van der Waals surface area contributed by atoms with E-state index in [0.717, 1.165) is 0 Å². The van der Waals surface area contributed by atoms with Crippen molar-refractivity contribution in [2.75, 3.05) is 11.1 Å². The lowest BCUT2D eigenvalue weighted by atomic mass is 10.4. The molecule has 0 unspecified atom stereocenters. The average Bonchev–Trinajstić information content (AvgIpc) is 1.85. The summed E-state index contributed by atoms with van der Waals surface area (Å²) in [6.45, 7) is 0. The van der Waals surface area contributed by atoms with Gasteiger partial charge in [-0.15, -0.1) is 0 Å².